The zero-order valence-electron chi connectivity index (χ0n) is 8.34. The van der Waals surface area contributed by atoms with Crippen LogP contribution in [0.4, 0.5) is 0 Å². The summed E-state index contributed by atoms with van der Waals surface area (Å²) in [6.07, 6.45) is 4.62. The van der Waals surface area contributed by atoms with E-state index in [-0.39, 0.29) is 0 Å². The molecule has 0 aliphatic heterocycles. The van der Waals surface area contributed by atoms with Crippen molar-refractivity contribution >= 4 is 9.84 Å². The van der Waals surface area contributed by atoms with Crippen molar-refractivity contribution in [3.63, 3.8) is 0 Å². The summed E-state index contributed by atoms with van der Waals surface area (Å²) in [5.41, 5.74) is 0. The first-order valence-corrected chi connectivity index (χ1v) is 6.05. The Kier molecular flexibility index (Phi) is 3.86. The molecule has 0 saturated carbocycles. The second-order valence-corrected chi connectivity index (χ2v) is 5.18. The largest absolute Gasteiger partial charge is 0.223 e. The SMILES string of the molecule is [CH2]C(C=CC=C)S(=O)(=O)c1ccccc1. The van der Waals surface area contributed by atoms with Gasteiger partial charge in [-0.25, -0.2) is 8.42 Å². The maximum atomic E-state index is 11.9. The Balaban J connectivity index is 3.04. The van der Waals surface area contributed by atoms with Crippen LogP contribution in [0.25, 0.3) is 0 Å². The van der Waals surface area contributed by atoms with Crippen molar-refractivity contribution in [3.8, 4) is 0 Å². The van der Waals surface area contributed by atoms with E-state index in [9.17, 15) is 8.42 Å². The van der Waals surface area contributed by atoms with E-state index in [1.54, 1.807) is 36.4 Å². The van der Waals surface area contributed by atoms with Gasteiger partial charge < -0.3 is 0 Å². The third-order valence-electron chi connectivity index (χ3n) is 1.93. The van der Waals surface area contributed by atoms with Gasteiger partial charge in [0.2, 0.25) is 0 Å². The molecule has 0 aliphatic carbocycles. The van der Waals surface area contributed by atoms with E-state index in [2.05, 4.69) is 13.5 Å². The van der Waals surface area contributed by atoms with Crippen molar-refractivity contribution in [2.75, 3.05) is 0 Å². The molecule has 1 rings (SSSR count). The molecule has 0 aromatic heterocycles. The predicted molar refractivity (Wildman–Crippen MR) is 62.1 cm³/mol. The maximum absolute atomic E-state index is 11.9. The van der Waals surface area contributed by atoms with Crippen LogP contribution in [0.5, 0.6) is 0 Å². The fourth-order valence-electron chi connectivity index (χ4n) is 1.09. The van der Waals surface area contributed by atoms with Crippen LogP contribution in [-0.4, -0.2) is 13.7 Å². The summed E-state index contributed by atoms with van der Waals surface area (Å²) >= 11 is 0. The van der Waals surface area contributed by atoms with Crippen molar-refractivity contribution in [2.45, 2.75) is 10.1 Å². The molecular formula is C12H13O2S. The van der Waals surface area contributed by atoms with Gasteiger partial charge in [-0.2, -0.15) is 0 Å². The molecule has 0 saturated heterocycles. The molecule has 1 aromatic carbocycles. The second kappa shape index (κ2) is 4.94. The fraction of sp³-hybridized carbons (Fsp3) is 0.0833. The molecule has 0 aliphatic rings. The lowest BCUT2D eigenvalue weighted by molar-refractivity contribution is 0.594. The lowest BCUT2D eigenvalue weighted by Gasteiger charge is -2.07. The van der Waals surface area contributed by atoms with Crippen LogP contribution in [-0.2, 0) is 9.84 Å². The monoisotopic (exact) mass is 221 g/mol. The van der Waals surface area contributed by atoms with E-state index in [0.29, 0.717) is 4.90 Å². The maximum Gasteiger partial charge on any atom is 0.184 e. The Morgan fingerprint density at radius 1 is 1.20 bits per heavy atom. The molecule has 1 aromatic rings. The summed E-state index contributed by atoms with van der Waals surface area (Å²) < 4.78 is 23.8. The summed E-state index contributed by atoms with van der Waals surface area (Å²) in [5, 5.41) is -0.780. The number of hydrogen-bond acceptors (Lipinski definition) is 2. The Labute approximate surface area is 90.9 Å². The van der Waals surface area contributed by atoms with Gasteiger partial charge in [-0.15, -0.1) is 0 Å². The fourth-order valence-corrected chi connectivity index (χ4v) is 2.27. The third kappa shape index (κ3) is 2.80. The highest BCUT2D eigenvalue weighted by atomic mass is 32.2. The smallest absolute Gasteiger partial charge is 0.184 e. The Bertz CT molecular complexity index is 444. The predicted octanol–water partition coefficient (Wildman–Crippen LogP) is 2.41. The van der Waals surface area contributed by atoms with Gasteiger partial charge in [0.1, 0.15) is 0 Å². The molecule has 0 heterocycles. The molecule has 1 radical (unpaired) electrons. The highest BCUT2D eigenvalue weighted by molar-refractivity contribution is 7.92. The van der Waals surface area contributed by atoms with Crippen LogP contribution >= 0.6 is 0 Å². The van der Waals surface area contributed by atoms with E-state index in [1.165, 1.54) is 12.2 Å². The van der Waals surface area contributed by atoms with Crippen LogP contribution in [0, 0.1) is 6.92 Å². The van der Waals surface area contributed by atoms with Crippen LogP contribution < -0.4 is 0 Å². The van der Waals surface area contributed by atoms with Crippen LogP contribution in [0.2, 0.25) is 0 Å². The molecule has 79 valence electrons. The Hall–Kier alpha value is -1.35. The molecule has 0 spiro atoms. The highest BCUT2D eigenvalue weighted by Crippen LogP contribution is 2.15. The molecule has 0 N–H and O–H groups in total. The minimum Gasteiger partial charge on any atom is -0.223 e. The molecular weight excluding hydrogens is 208 g/mol. The molecule has 1 unspecified atom stereocenters. The summed E-state index contributed by atoms with van der Waals surface area (Å²) in [6, 6.07) is 8.29. The number of rotatable bonds is 4. The zero-order valence-corrected chi connectivity index (χ0v) is 9.15. The van der Waals surface area contributed by atoms with Gasteiger partial charge in [0.15, 0.2) is 9.84 Å². The van der Waals surface area contributed by atoms with Gasteiger partial charge in [-0.1, -0.05) is 43.0 Å². The molecule has 2 nitrogen and oxygen atoms in total. The van der Waals surface area contributed by atoms with E-state index < -0.39 is 15.1 Å². The van der Waals surface area contributed by atoms with E-state index in [1.807, 2.05) is 0 Å². The number of hydrogen-bond donors (Lipinski definition) is 0. The first-order chi connectivity index (χ1) is 7.09. The average Bonchev–Trinajstić information content (AvgIpc) is 2.27. The Morgan fingerprint density at radius 2 is 1.80 bits per heavy atom. The van der Waals surface area contributed by atoms with E-state index in [0.717, 1.165) is 0 Å². The second-order valence-electron chi connectivity index (χ2n) is 3.02. The first-order valence-electron chi connectivity index (χ1n) is 4.50. The standard InChI is InChI=1S/C12H13O2S/c1-3-4-8-11(2)15(13,14)12-9-6-5-7-10-12/h3-11H,1-2H2. The first kappa shape index (κ1) is 11.7. The minimum absolute atomic E-state index is 0.290. The van der Waals surface area contributed by atoms with Crippen molar-refractivity contribution in [3.05, 3.63) is 62.1 Å². The third-order valence-corrected chi connectivity index (χ3v) is 3.82. The number of allylic oxidation sites excluding steroid dienone is 2. The quantitative estimate of drug-likeness (QED) is 0.732. The lowest BCUT2D eigenvalue weighted by Crippen LogP contribution is -2.15. The van der Waals surface area contributed by atoms with Crippen LogP contribution in [0.15, 0.2) is 60.0 Å². The molecule has 3 heteroatoms. The number of sulfone groups is 1. The van der Waals surface area contributed by atoms with Crippen LogP contribution in [0.1, 0.15) is 0 Å². The highest BCUT2D eigenvalue weighted by Gasteiger charge is 2.19. The zero-order chi connectivity index (χ0) is 11.3. The van der Waals surface area contributed by atoms with Gasteiger partial charge in [0.25, 0.3) is 0 Å². The molecule has 1 atom stereocenters. The molecule has 0 amide bonds. The summed E-state index contributed by atoms with van der Waals surface area (Å²) in [7, 11) is -3.36. The topological polar surface area (TPSA) is 34.1 Å². The summed E-state index contributed by atoms with van der Waals surface area (Å²) in [5.74, 6) is 0. The molecule has 15 heavy (non-hydrogen) atoms. The van der Waals surface area contributed by atoms with Gasteiger partial charge in [-0.05, 0) is 19.1 Å². The van der Waals surface area contributed by atoms with Crippen molar-refractivity contribution in [1.82, 2.24) is 0 Å². The minimum atomic E-state index is -3.36. The van der Waals surface area contributed by atoms with Crippen LogP contribution in [0.3, 0.4) is 0 Å². The normalized spacial score (nSPS) is 13.9. The van der Waals surface area contributed by atoms with E-state index >= 15 is 0 Å². The summed E-state index contributed by atoms with van der Waals surface area (Å²) in [4.78, 5) is 0.290. The van der Waals surface area contributed by atoms with Gasteiger partial charge in [0, 0.05) is 0 Å². The Morgan fingerprint density at radius 3 is 2.33 bits per heavy atom. The average molecular weight is 221 g/mol. The van der Waals surface area contributed by atoms with Crippen molar-refractivity contribution < 1.29 is 8.42 Å². The van der Waals surface area contributed by atoms with Crippen molar-refractivity contribution in [2.24, 2.45) is 0 Å². The van der Waals surface area contributed by atoms with Gasteiger partial charge in [0.05, 0.1) is 10.1 Å². The van der Waals surface area contributed by atoms with Gasteiger partial charge >= 0.3 is 0 Å². The molecule has 0 fully saturated rings. The number of benzene rings is 1. The van der Waals surface area contributed by atoms with Crippen molar-refractivity contribution in [1.29, 1.82) is 0 Å². The lowest BCUT2D eigenvalue weighted by atomic mass is 10.4. The summed E-state index contributed by atoms with van der Waals surface area (Å²) in [6.45, 7) is 7.08. The van der Waals surface area contributed by atoms with Gasteiger partial charge in [-0.3, -0.25) is 0 Å². The molecule has 0 bridgehead atoms. The van der Waals surface area contributed by atoms with E-state index in [4.69, 9.17) is 0 Å².